The van der Waals surface area contributed by atoms with E-state index in [0.29, 0.717) is 0 Å². The van der Waals surface area contributed by atoms with E-state index in [1.165, 1.54) is 0 Å². The van der Waals surface area contributed by atoms with E-state index < -0.39 is 5.91 Å². The summed E-state index contributed by atoms with van der Waals surface area (Å²) in [7, 11) is 6.42. The van der Waals surface area contributed by atoms with Crippen molar-refractivity contribution >= 4 is 5.91 Å². The van der Waals surface area contributed by atoms with Crippen molar-refractivity contribution in [2.75, 3.05) is 27.7 Å². The van der Waals surface area contributed by atoms with Crippen LogP contribution in [0.3, 0.4) is 0 Å². The summed E-state index contributed by atoms with van der Waals surface area (Å²) in [4.78, 5) is 9.47. The quantitative estimate of drug-likeness (QED) is 0.311. The second kappa shape index (κ2) is 9.29. The Hall–Kier alpha value is -0.800. The van der Waals surface area contributed by atoms with Gasteiger partial charge in [-0.15, -0.1) is 0 Å². The number of primary amides is 1. The van der Waals surface area contributed by atoms with Crippen molar-refractivity contribution in [1.82, 2.24) is 0 Å². The number of nitrogens with zero attached hydrogens (tertiary/aromatic N) is 1. The lowest BCUT2D eigenvalue weighted by Crippen LogP contribution is -3.00. The molecule has 13 heavy (non-hydrogen) atoms. The third kappa shape index (κ3) is 35.1. The summed E-state index contributed by atoms with van der Waals surface area (Å²) in [5, 5.41) is 0. The van der Waals surface area contributed by atoms with Crippen LogP contribution in [0, 0.1) is 0 Å². The molecule has 1 amide bonds. The van der Waals surface area contributed by atoms with E-state index in [2.05, 4.69) is 40.0 Å². The van der Waals surface area contributed by atoms with Gasteiger partial charge in [0.1, 0.15) is 0 Å². The van der Waals surface area contributed by atoms with Crippen molar-refractivity contribution in [3.8, 4) is 0 Å². The maximum absolute atomic E-state index is 9.47. The monoisotopic (exact) mass is 206 g/mol. The van der Waals surface area contributed by atoms with Crippen LogP contribution in [0.4, 0.5) is 0 Å². The molecule has 0 bridgehead atoms. The minimum absolute atomic E-state index is 0. The van der Waals surface area contributed by atoms with Crippen LogP contribution in [0.25, 0.3) is 0 Å². The van der Waals surface area contributed by atoms with E-state index in [-0.39, 0.29) is 12.4 Å². The third-order valence-corrected chi connectivity index (χ3v) is 0.878. The second-order valence-electron chi connectivity index (χ2n) is 3.37. The molecule has 0 heterocycles. The van der Waals surface area contributed by atoms with E-state index >= 15 is 0 Å². The first kappa shape index (κ1) is 18.1. The lowest BCUT2D eigenvalue weighted by molar-refractivity contribution is -0.864. The Morgan fingerprint density at radius 2 is 1.69 bits per heavy atom. The van der Waals surface area contributed by atoms with Crippen LogP contribution in [0.1, 0.15) is 0 Å². The number of amides is 1. The molecule has 0 aliphatic heterocycles. The van der Waals surface area contributed by atoms with E-state index in [4.69, 9.17) is 0 Å². The number of nitrogens with two attached hydrogens (primary N) is 1. The molecule has 0 fully saturated rings. The van der Waals surface area contributed by atoms with Gasteiger partial charge in [0.25, 0.3) is 0 Å². The molecule has 0 saturated carbocycles. The molecule has 4 heteroatoms. The summed E-state index contributed by atoms with van der Waals surface area (Å²) in [6.07, 6.45) is 2.99. The number of quaternary nitrogens is 1. The molecule has 0 aliphatic rings. The summed E-state index contributed by atoms with van der Waals surface area (Å²) in [6, 6.07) is 0. The molecule has 3 nitrogen and oxygen atoms in total. The molecule has 0 spiro atoms. The predicted molar refractivity (Wildman–Crippen MR) is 52.5 cm³/mol. The highest BCUT2D eigenvalue weighted by molar-refractivity contribution is 5.84. The molecule has 0 rings (SSSR count). The van der Waals surface area contributed by atoms with Crippen LogP contribution < -0.4 is 18.1 Å². The molecular formula is C9H19ClN2O. The molecule has 2 N–H and O–H groups in total. The summed E-state index contributed by atoms with van der Waals surface area (Å²) in [5.74, 6) is -0.481. The molecule has 0 aliphatic carbocycles. The van der Waals surface area contributed by atoms with Crippen LogP contribution >= 0.6 is 0 Å². The fraction of sp³-hybridized carbons (Fsp3) is 0.444. The highest BCUT2D eigenvalue weighted by atomic mass is 35.5. The van der Waals surface area contributed by atoms with Gasteiger partial charge in [0, 0.05) is 0 Å². The summed E-state index contributed by atoms with van der Waals surface area (Å²) in [6.45, 7) is 7.76. The Balaban J connectivity index is -0.000000150. The van der Waals surface area contributed by atoms with E-state index in [0.717, 1.165) is 17.1 Å². The largest absolute Gasteiger partial charge is 1.00 e. The summed E-state index contributed by atoms with van der Waals surface area (Å²) < 4.78 is 0.976. The standard InChI is InChI=1S/C6H14N.C3H5NO.ClH/c1-5-6-7(2,3)4;1-2-3(4)5;/h5H,1,6H2,2-4H3;2H,1H2,(H2,4,5);1H/q+1;;/p-1. The zero-order valence-electron chi connectivity index (χ0n) is 8.59. The fourth-order valence-corrected chi connectivity index (χ4v) is 0.387. The molecule has 0 aromatic heterocycles. The maximum Gasteiger partial charge on any atom is 0.240 e. The first-order chi connectivity index (χ1) is 5.33. The number of carbonyl (C=O) groups is 1. The van der Waals surface area contributed by atoms with Gasteiger partial charge in [0.2, 0.25) is 5.91 Å². The average Bonchev–Trinajstić information content (AvgIpc) is 1.86. The van der Waals surface area contributed by atoms with Crippen molar-refractivity contribution < 1.29 is 21.7 Å². The number of carbonyl (C=O) groups excluding carboxylic acids is 1. The van der Waals surface area contributed by atoms with Crippen molar-refractivity contribution in [2.45, 2.75) is 0 Å². The Kier molecular flexibility index (Phi) is 12.9. The van der Waals surface area contributed by atoms with Crippen LogP contribution in [-0.4, -0.2) is 38.1 Å². The van der Waals surface area contributed by atoms with Gasteiger partial charge in [-0.05, 0) is 12.2 Å². The number of hydrogen-bond acceptors (Lipinski definition) is 1. The Bertz CT molecular complexity index is 161. The zero-order valence-corrected chi connectivity index (χ0v) is 9.34. The van der Waals surface area contributed by atoms with Gasteiger partial charge in [-0.3, -0.25) is 4.79 Å². The number of rotatable bonds is 3. The molecule has 0 atom stereocenters. The van der Waals surface area contributed by atoms with Gasteiger partial charge < -0.3 is 22.6 Å². The van der Waals surface area contributed by atoms with Crippen LogP contribution in [0.5, 0.6) is 0 Å². The van der Waals surface area contributed by atoms with Gasteiger partial charge in [-0.1, -0.05) is 13.2 Å². The Morgan fingerprint density at radius 3 is 1.69 bits per heavy atom. The van der Waals surface area contributed by atoms with Crippen LogP contribution in [0.2, 0.25) is 0 Å². The van der Waals surface area contributed by atoms with E-state index in [9.17, 15) is 4.79 Å². The topological polar surface area (TPSA) is 43.1 Å². The molecule has 0 aromatic carbocycles. The second-order valence-corrected chi connectivity index (χ2v) is 3.37. The first-order valence-corrected chi connectivity index (χ1v) is 3.66. The number of hydrogen-bond donors (Lipinski definition) is 1. The maximum atomic E-state index is 9.47. The normalized spacial score (nSPS) is 8.54. The minimum atomic E-state index is -0.481. The summed E-state index contributed by atoms with van der Waals surface area (Å²) in [5.41, 5.74) is 4.53. The minimum Gasteiger partial charge on any atom is -1.00 e. The molecule has 0 radical (unpaired) electrons. The van der Waals surface area contributed by atoms with Crippen LogP contribution in [-0.2, 0) is 4.79 Å². The molecule has 0 aromatic rings. The van der Waals surface area contributed by atoms with Crippen LogP contribution in [0.15, 0.2) is 25.3 Å². The highest BCUT2D eigenvalue weighted by Crippen LogP contribution is 1.86. The summed E-state index contributed by atoms with van der Waals surface area (Å²) >= 11 is 0. The van der Waals surface area contributed by atoms with E-state index in [1.54, 1.807) is 0 Å². The lowest BCUT2D eigenvalue weighted by Gasteiger charge is -2.21. The van der Waals surface area contributed by atoms with Gasteiger partial charge in [-0.2, -0.15) is 0 Å². The fourth-order valence-electron chi connectivity index (χ4n) is 0.387. The van der Waals surface area contributed by atoms with Crippen molar-refractivity contribution in [1.29, 1.82) is 0 Å². The van der Waals surface area contributed by atoms with Gasteiger partial charge >= 0.3 is 0 Å². The molecular weight excluding hydrogens is 188 g/mol. The Morgan fingerprint density at radius 1 is 1.38 bits per heavy atom. The van der Waals surface area contributed by atoms with Gasteiger partial charge in [0.05, 0.1) is 27.7 Å². The number of halogens is 1. The molecule has 0 unspecified atom stereocenters. The Labute approximate surface area is 86.9 Å². The molecule has 78 valence electrons. The first-order valence-electron chi connectivity index (χ1n) is 3.66. The SMILES string of the molecule is C=CC(N)=O.C=CC[N+](C)(C)C.[Cl-]. The van der Waals surface area contributed by atoms with Crippen molar-refractivity contribution in [3.05, 3.63) is 25.3 Å². The lowest BCUT2D eigenvalue weighted by atomic mass is 10.5. The van der Waals surface area contributed by atoms with Gasteiger partial charge in [0.15, 0.2) is 0 Å². The van der Waals surface area contributed by atoms with E-state index in [1.807, 2.05) is 6.08 Å². The zero-order chi connectivity index (χ0) is 10.2. The number of likely N-dealkylation sites (N-methyl/N-ethyl adjacent to an activating group) is 1. The molecule has 0 saturated heterocycles. The highest BCUT2D eigenvalue weighted by Gasteiger charge is 1.99. The predicted octanol–water partition coefficient (Wildman–Crippen LogP) is -2.46. The third-order valence-electron chi connectivity index (χ3n) is 0.878. The van der Waals surface area contributed by atoms with Gasteiger partial charge in [-0.25, -0.2) is 0 Å². The smallest absolute Gasteiger partial charge is 0.240 e. The van der Waals surface area contributed by atoms with Crippen molar-refractivity contribution in [3.63, 3.8) is 0 Å². The average molecular weight is 207 g/mol. The van der Waals surface area contributed by atoms with Crippen molar-refractivity contribution in [2.24, 2.45) is 5.73 Å².